The molecule has 0 aliphatic carbocycles. The van der Waals surface area contributed by atoms with Crippen LogP contribution in [0.25, 0.3) is 17.1 Å². The molecule has 0 bridgehead atoms. The van der Waals surface area contributed by atoms with Gasteiger partial charge in [0.05, 0.1) is 22.4 Å². The number of aromatic nitrogens is 4. The van der Waals surface area contributed by atoms with Crippen LogP contribution in [0.5, 0.6) is 5.75 Å². The number of nitrogens with zero attached hydrogens (tertiary/aromatic N) is 4. The highest BCUT2D eigenvalue weighted by Gasteiger charge is 2.17. The molecule has 0 aliphatic heterocycles. The lowest BCUT2D eigenvalue weighted by molar-refractivity contribution is -0.113. The van der Waals surface area contributed by atoms with E-state index in [1.165, 1.54) is 11.8 Å². The molecule has 0 spiro atoms. The Balaban J connectivity index is 1.57. The molecule has 33 heavy (non-hydrogen) atoms. The predicted molar refractivity (Wildman–Crippen MR) is 132 cm³/mol. The second-order valence-electron chi connectivity index (χ2n) is 6.77. The predicted octanol–water partition coefficient (Wildman–Crippen LogP) is 5.77. The molecule has 2 heterocycles. The molecule has 7 nitrogen and oxygen atoms in total. The highest BCUT2D eigenvalue weighted by molar-refractivity contribution is 7.99. The molecule has 1 amide bonds. The van der Waals surface area contributed by atoms with Gasteiger partial charge in [-0.3, -0.25) is 14.3 Å². The van der Waals surface area contributed by atoms with Gasteiger partial charge in [-0.2, -0.15) is 0 Å². The molecule has 0 fully saturated rings. The largest absolute Gasteiger partial charge is 0.494 e. The number of rotatable bonds is 8. The molecule has 1 N–H and O–H groups in total. The third-order valence-corrected chi connectivity index (χ3v) is 6.18. The SMILES string of the molecule is CCOc1ccc(-n2c(SCC(=O)Nc3ccc(Cl)c(Cl)c3)nnc2-c2ccncc2)cc1. The fraction of sp³-hybridized carbons (Fsp3) is 0.130. The lowest BCUT2D eigenvalue weighted by Crippen LogP contribution is -2.14. The molecule has 2 aromatic heterocycles. The zero-order chi connectivity index (χ0) is 23.2. The van der Waals surface area contributed by atoms with E-state index in [1.54, 1.807) is 30.6 Å². The number of anilines is 1. The summed E-state index contributed by atoms with van der Waals surface area (Å²) >= 11 is 13.2. The number of pyridine rings is 1. The van der Waals surface area contributed by atoms with Gasteiger partial charge in [-0.1, -0.05) is 35.0 Å². The third-order valence-electron chi connectivity index (χ3n) is 4.51. The molecule has 0 radical (unpaired) electrons. The Morgan fingerprint density at radius 3 is 2.48 bits per heavy atom. The highest BCUT2D eigenvalue weighted by Crippen LogP contribution is 2.29. The van der Waals surface area contributed by atoms with Crippen LogP contribution >= 0.6 is 35.0 Å². The van der Waals surface area contributed by atoms with Gasteiger partial charge in [0.1, 0.15) is 5.75 Å². The van der Waals surface area contributed by atoms with E-state index in [4.69, 9.17) is 27.9 Å². The molecule has 10 heteroatoms. The number of nitrogens with one attached hydrogen (secondary N) is 1. The first kappa shape index (κ1) is 23.1. The van der Waals surface area contributed by atoms with Crippen molar-refractivity contribution in [1.82, 2.24) is 19.7 Å². The first-order valence-electron chi connectivity index (χ1n) is 10.0. The van der Waals surface area contributed by atoms with Gasteiger partial charge >= 0.3 is 0 Å². The fourth-order valence-electron chi connectivity index (χ4n) is 3.04. The number of carbonyl (C=O) groups excluding carboxylic acids is 1. The maximum Gasteiger partial charge on any atom is 0.234 e. The van der Waals surface area contributed by atoms with Crippen LogP contribution in [0.15, 0.2) is 72.1 Å². The third kappa shape index (κ3) is 5.65. The number of hydrogen-bond acceptors (Lipinski definition) is 6. The Bertz CT molecular complexity index is 1250. The van der Waals surface area contributed by atoms with E-state index in [1.807, 2.05) is 47.9 Å². The normalized spacial score (nSPS) is 10.8. The summed E-state index contributed by atoms with van der Waals surface area (Å²) in [4.78, 5) is 16.6. The average Bonchev–Trinajstić information content (AvgIpc) is 3.25. The van der Waals surface area contributed by atoms with Crippen molar-refractivity contribution in [3.8, 4) is 22.8 Å². The maximum atomic E-state index is 12.5. The van der Waals surface area contributed by atoms with Gasteiger partial charge in [-0.15, -0.1) is 10.2 Å². The van der Waals surface area contributed by atoms with Crippen molar-refractivity contribution >= 4 is 46.6 Å². The van der Waals surface area contributed by atoms with E-state index in [0.717, 1.165) is 17.0 Å². The molecule has 0 unspecified atom stereocenters. The number of ether oxygens (including phenoxy) is 1. The van der Waals surface area contributed by atoms with Crippen LogP contribution in [0.4, 0.5) is 5.69 Å². The van der Waals surface area contributed by atoms with Crippen molar-refractivity contribution in [2.24, 2.45) is 0 Å². The second kappa shape index (κ2) is 10.7. The van der Waals surface area contributed by atoms with Gasteiger partial charge in [-0.25, -0.2) is 0 Å². The topological polar surface area (TPSA) is 81.9 Å². The lowest BCUT2D eigenvalue weighted by Gasteiger charge is -2.11. The van der Waals surface area contributed by atoms with Crippen molar-refractivity contribution < 1.29 is 9.53 Å². The molecule has 168 valence electrons. The molecule has 4 rings (SSSR count). The lowest BCUT2D eigenvalue weighted by atomic mass is 10.2. The zero-order valence-electron chi connectivity index (χ0n) is 17.5. The summed E-state index contributed by atoms with van der Waals surface area (Å²) in [6.07, 6.45) is 3.40. The van der Waals surface area contributed by atoms with Gasteiger partial charge in [0.25, 0.3) is 0 Å². The molecule has 0 aliphatic rings. The van der Waals surface area contributed by atoms with Crippen LogP contribution in [-0.4, -0.2) is 38.0 Å². The highest BCUT2D eigenvalue weighted by atomic mass is 35.5. The first-order chi connectivity index (χ1) is 16.0. The summed E-state index contributed by atoms with van der Waals surface area (Å²) < 4.78 is 7.45. The Kier molecular flexibility index (Phi) is 7.49. The summed E-state index contributed by atoms with van der Waals surface area (Å²) in [6, 6.07) is 16.3. The Labute approximate surface area is 205 Å². The minimum Gasteiger partial charge on any atom is -0.494 e. The monoisotopic (exact) mass is 499 g/mol. The van der Waals surface area contributed by atoms with Gasteiger partial charge in [0.15, 0.2) is 11.0 Å². The fourth-order valence-corrected chi connectivity index (χ4v) is 4.09. The van der Waals surface area contributed by atoms with E-state index in [9.17, 15) is 4.79 Å². The van der Waals surface area contributed by atoms with Crippen molar-refractivity contribution in [1.29, 1.82) is 0 Å². The molecule has 0 saturated carbocycles. The van der Waals surface area contributed by atoms with Gasteiger partial charge in [-0.05, 0) is 61.5 Å². The number of thioether (sulfide) groups is 1. The zero-order valence-corrected chi connectivity index (χ0v) is 19.9. The molecule has 0 atom stereocenters. The van der Waals surface area contributed by atoms with Crippen LogP contribution in [0.2, 0.25) is 10.0 Å². The van der Waals surface area contributed by atoms with Crippen molar-refractivity contribution in [2.45, 2.75) is 12.1 Å². The second-order valence-corrected chi connectivity index (χ2v) is 8.53. The smallest absolute Gasteiger partial charge is 0.234 e. The summed E-state index contributed by atoms with van der Waals surface area (Å²) in [5.74, 6) is 1.35. The number of halogens is 2. The van der Waals surface area contributed by atoms with E-state index < -0.39 is 0 Å². The average molecular weight is 500 g/mol. The number of benzene rings is 2. The van der Waals surface area contributed by atoms with Crippen molar-refractivity contribution in [3.63, 3.8) is 0 Å². The number of amides is 1. The van der Waals surface area contributed by atoms with Crippen molar-refractivity contribution in [3.05, 3.63) is 77.0 Å². The standard InChI is InChI=1S/C23H19Cl2N5O2S/c1-2-32-18-6-4-17(5-7-18)30-22(15-9-11-26-12-10-15)28-29-23(30)33-14-21(31)27-16-3-8-19(24)20(25)13-16/h3-13H,2,14H2,1H3,(H,27,31). The van der Waals surface area contributed by atoms with Gasteiger partial charge in [0.2, 0.25) is 5.91 Å². The Morgan fingerprint density at radius 2 is 1.79 bits per heavy atom. The Hall–Kier alpha value is -3.07. The number of hydrogen-bond donors (Lipinski definition) is 1. The molecular weight excluding hydrogens is 481 g/mol. The molecular formula is C23H19Cl2N5O2S. The van der Waals surface area contributed by atoms with Gasteiger partial charge < -0.3 is 10.1 Å². The minimum absolute atomic E-state index is 0.131. The van der Waals surface area contributed by atoms with E-state index in [-0.39, 0.29) is 11.7 Å². The first-order valence-corrected chi connectivity index (χ1v) is 11.8. The van der Waals surface area contributed by atoms with Crippen LogP contribution in [0, 0.1) is 0 Å². The van der Waals surface area contributed by atoms with E-state index in [2.05, 4.69) is 20.5 Å². The minimum atomic E-state index is -0.204. The van der Waals surface area contributed by atoms with Crippen LogP contribution < -0.4 is 10.1 Å². The maximum absolute atomic E-state index is 12.5. The van der Waals surface area contributed by atoms with E-state index in [0.29, 0.717) is 33.3 Å². The molecule has 2 aromatic carbocycles. The van der Waals surface area contributed by atoms with Gasteiger partial charge in [0, 0.05) is 29.3 Å². The summed E-state index contributed by atoms with van der Waals surface area (Å²) in [7, 11) is 0. The molecule has 0 saturated heterocycles. The number of carbonyl (C=O) groups is 1. The quantitative estimate of drug-likeness (QED) is 0.310. The summed E-state index contributed by atoms with van der Waals surface area (Å²) in [5, 5.41) is 12.9. The molecule has 4 aromatic rings. The summed E-state index contributed by atoms with van der Waals surface area (Å²) in [6.45, 7) is 2.52. The summed E-state index contributed by atoms with van der Waals surface area (Å²) in [5.41, 5.74) is 2.28. The van der Waals surface area contributed by atoms with Crippen LogP contribution in [0.1, 0.15) is 6.92 Å². The van der Waals surface area contributed by atoms with Crippen LogP contribution in [0.3, 0.4) is 0 Å². The van der Waals surface area contributed by atoms with E-state index >= 15 is 0 Å². The van der Waals surface area contributed by atoms with Crippen LogP contribution in [-0.2, 0) is 4.79 Å². The Morgan fingerprint density at radius 1 is 1.03 bits per heavy atom. The van der Waals surface area contributed by atoms with Crippen molar-refractivity contribution in [2.75, 3.05) is 17.7 Å².